The lowest BCUT2D eigenvalue weighted by molar-refractivity contribution is -0.137. The summed E-state index contributed by atoms with van der Waals surface area (Å²) in [5, 5.41) is 14.2. The molecule has 2 aromatic carbocycles. The number of nitrogens with one attached hydrogen (secondary N) is 1. The van der Waals surface area contributed by atoms with Crippen molar-refractivity contribution in [2.75, 3.05) is 5.32 Å². The van der Waals surface area contributed by atoms with Gasteiger partial charge in [-0.05, 0) is 47.4 Å². The molecule has 1 atom stereocenters. The van der Waals surface area contributed by atoms with Crippen molar-refractivity contribution in [1.29, 1.82) is 0 Å². The first-order chi connectivity index (χ1) is 13.8. The van der Waals surface area contributed by atoms with Gasteiger partial charge in [-0.3, -0.25) is 4.79 Å². The summed E-state index contributed by atoms with van der Waals surface area (Å²) >= 11 is 0. The fourth-order valence-corrected chi connectivity index (χ4v) is 2.72. The van der Waals surface area contributed by atoms with Gasteiger partial charge >= 0.3 is 6.18 Å². The third kappa shape index (κ3) is 5.18. The molecule has 1 amide bonds. The minimum atomic E-state index is -4.46. The highest BCUT2D eigenvalue weighted by atomic mass is 19.4. The summed E-state index contributed by atoms with van der Waals surface area (Å²) in [7, 11) is 0. The molecule has 1 N–H and O–H groups in total. The number of amides is 1. The molecule has 1 aromatic heterocycles. The van der Waals surface area contributed by atoms with Gasteiger partial charge in [-0.15, -0.1) is 10.2 Å². The molecule has 0 bridgehead atoms. The molecule has 0 spiro atoms. The third-order valence-electron chi connectivity index (χ3n) is 4.56. The van der Waals surface area contributed by atoms with Gasteiger partial charge in [0.05, 0.1) is 5.56 Å². The summed E-state index contributed by atoms with van der Waals surface area (Å²) in [5.74, 6) is 0.0875. The van der Waals surface area contributed by atoms with Crippen molar-refractivity contribution in [2.24, 2.45) is 0 Å². The van der Waals surface area contributed by atoms with Crippen LogP contribution in [0.3, 0.4) is 0 Å². The summed E-state index contributed by atoms with van der Waals surface area (Å²) in [5.41, 5.74) is 1.20. The van der Waals surface area contributed by atoms with Gasteiger partial charge in [-0.25, -0.2) is 0 Å². The molecule has 0 aliphatic carbocycles. The number of carbonyl (C=O) groups excluding carboxylic acids is 1. The molecule has 3 rings (SSSR count). The highest BCUT2D eigenvalue weighted by Crippen LogP contribution is 2.31. The van der Waals surface area contributed by atoms with E-state index >= 15 is 0 Å². The number of anilines is 1. The van der Waals surface area contributed by atoms with Crippen LogP contribution in [0.2, 0.25) is 0 Å². The molecule has 29 heavy (non-hydrogen) atoms. The maximum atomic E-state index is 12.8. The van der Waals surface area contributed by atoms with E-state index in [1.54, 1.807) is 0 Å². The van der Waals surface area contributed by atoms with E-state index in [0.29, 0.717) is 11.6 Å². The molecule has 0 unspecified atom stereocenters. The Balaban J connectivity index is 1.65. The van der Waals surface area contributed by atoms with Crippen molar-refractivity contribution in [1.82, 2.24) is 20.2 Å². The van der Waals surface area contributed by atoms with Gasteiger partial charge in [0.1, 0.15) is 6.54 Å². The summed E-state index contributed by atoms with van der Waals surface area (Å²) in [4.78, 5) is 13.2. The van der Waals surface area contributed by atoms with Gasteiger partial charge in [0, 0.05) is 11.3 Å². The smallest absolute Gasteiger partial charge is 0.324 e. The standard InChI is InChI=1S/C20H20F3N5O/c1-3-13(2)14-7-9-17(10-8-14)24-18(29)12-28-26-19(25-27-28)15-5-4-6-16(11-15)20(21,22)23/h4-11,13H,3,12H2,1-2H3,(H,24,29)/t13-/m0/s1. The Labute approximate surface area is 165 Å². The van der Waals surface area contributed by atoms with Gasteiger partial charge in [-0.1, -0.05) is 38.1 Å². The Morgan fingerprint density at radius 2 is 1.90 bits per heavy atom. The number of halogens is 3. The molecule has 152 valence electrons. The Bertz CT molecular complexity index is 982. The lowest BCUT2D eigenvalue weighted by atomic mass is 9.99. The number of nitrogens with zero attached hydrogens (tertiary/aromatic N) is 4. The Morgan fingerprint density at radius 1 is 1.17 bits per heavy atom. The van der Waals surface area contributed by atoms with Crippen LogP contribution < -0.4 is 5.32 Å². The van der Waals surface area contributed by atoms with E-state index in [-0.39, 0.29) is 23.8 Å². The largest absolute Gasteiger partial charge is 0.416 e. The number of carbonyl (C=O) groups is 1. The van der Waals surface area contributed by atoms with Crippen molar-refractivity contribution in [3.8, 4) is 11.4 Å². The average Bonchev–Trinajstić information content (AvgIpc) is 3.15. The third-order valence-corrected chi connectivity index (χ3v) is 4.56. The predicted molar refractivity (Wildman–Crippen MR) is 102 cm³/mol. The van der Waals surface area contributed by atoms with Crippen LogP contribution in [0.15, 0.2) is 48.5 Å². The first-order valence-electron chi connectivity index (χ1n) is 9.11. The van der Waals surface area contributed by atoms with Crippen molar-refractivity contribution in [2.45, 2.75) is 38.9 Å². The molecule has 3 aromatic rings. The minimum absolute atomic E-state index is 0.0156. The van der Waals surface area contributed by atoms with E-state index in [9.17, 15) is 18.0 Å². The van der Waals surface area contributed by atoms with Crippen LogP contribution in [0.1, 0.15) is 37.3 Å². The highest BCUT2D eigenvalue weighted by Gasteiger charge is 2.30. The normalized spacial score (nSPS) is 12.6. The van der Waals surface area contributed by atoms with Crippen LogP contribution in [-0.4, -0.2) is 26.1 Å². The van der Waals surface area contributed by atoms with Crippen molar-refractivity contribution in [3.05, 3.63) is 59.7 Å². The maximum absolute atomic E-state index is 12.8. The fourth-order valence-electron chi connectivity index (χ4n) is 2.72. The molecule has 0 aliphatic rings. The Morgan fingerprint density at radius 3 is 2.55 bits per heavy atom. The van der Waals surface area contributed by atoms with Gasteiger partial charge in [0.15, 0.2) is 0 Å². The average molecular weight is 403 g/mol. The van der Waals surface area contributed by atoms with Crippen LogP contribution in [0, 0.1) is 0 Å². The number of rotatable bonds is 6. The van der Waals surface area contributed by atoms with Crippen molar-refractivity contribution in [3.63, 3.8) is 0 Å². The molecule has 9 heteroatoms. The topological polar surface area (TPSA) is 72.7 Å². The minimum Gasteiger partial charge on any atom is -0.324 e. The zero-order valence-corrected chi connectivity index (χ0v) is 15.9. The monoisotopic (exact) mass is 403 g/mol. The van der Waals surface area contributed by atoms with E-state index in [2.05, 4.69) is 34.6 Å². The van der Waals surface area contributed by atoms with E-state index < -0.39 is 11.7 Å². The summed E-state index contributed by atoms with van der Waals surface area (Å²) in [6.45, 7) is 4.03. The van der Waals surface area contributed by atoms with Crippen molar-refractivity contribution >= 4 is 11.6 Å². The zero-order valence-electron chi connectivity index (χ0n) is 15.9. The molecule has 0 saturated heterocycles. The second-order valence-electron chi connectivity index (χ2n) is 6.70. The summed E-state index contributed by atoms with van der Waals surface area (Å²) in [6.07, 6.45) is -3.44. The zero-order chi connectivity index (χ0) is 21.0. The van der Waals surface area contributed by atoms with E-state index in [1.807, 2.05) is 24.3 Å². The molecule has 0 saturated carbocycles. The van der Waals surface area contributed by atoms with Gasteiger partial charge in [0.2, 0.25) is 11.7 Å². The van der Waals surface area contributed by atoms with Crippen LogP contribution in [0.4, 0.5) is 18.9 Å². The molecule has 6 nitrogen and oxygen atoms in total. The van der Waals surface area contributed by atoms with Crippen molar-refractivity contribution < 1.29 is 18.0 Å². The summed E-state index contributed by atoms with van der Waals surface area (Å²) in [6, 6.07) is 12.2. The van der Waals surface area contributed by atoms with Gasteiger partial charge in [-0.2, -0.15) is 18.0 Å². The second kappa shape index (κ2) is 8.42. The Hall–Kier alpha value is -3.23. The molecule has 0 radical (unpaired) electrons. The van der Waals surface area contributed by atoms with Gasteiger partial charge in [0.25, 0.3) is 0 Å². The molecular formula is C20H20F3N5O. The highest BCUT2D eigenvalue weighted by molar-refractivity contribution is 5.90. The first kappa shape index (κ1) is 20.5. The SMILES string of the molecule is CC[C@H](C)c1ccc(NC(=O)Cn2nnc(-c3cccc(C(F)(F)F)c3)n2)cc1. The molecule has 0 aliphatic heterocycles. The first-order valence-corrected chi connectivity index (χ1v) is 9.11. The van der Waals surface area contributed by atoms with Crippen LogP contribution in [-0.2, 0) is 17.5 Å². The van der Waals surface area contributed by atoms with Crippen LogP contribution in [0.25, 0.3) is 11.4 Å². The number of alkyl halides is 3. The number of benzene rings is 2. The second-order valence-corrected chi connectivity index (χ2v) is 6.70. The summed E-state index contributed by atoms with van der Waals surface area (Å²) < 4.78 is 38.5. The Kier molecular flexibility index (Phi) is 5.95. The fraction of sp³-hybridized carbons (Fsp3) is 0.300. The number of aromatic nitrogens is 4. The lowest BCUT2D eigenvalue weighted by Crippen LogP contribution is -2.20. The maximum Gasteiger partial charge on any atom is 0.416 e. The molecule has 1 heterocycles. The van der Waals surface area contributed by atoms with E-state index in [4.69, 9.17) is 0 Å². The van der Waals surface area contributed by atoms with Gasteiger partial charge < -0.3 is 5.32 Å². The van der Waals surface area contributed by atoms with E-state index in [0.717, 1.165) is 23.4 Å². The van der Waals surface area contributed by atoms with Crippen LogP contribution in [0.5, 0.6) is 0 Å². The lowest BCUT2D eigenvalue weighted by Gasteiger charge is -2.10. The molecule has 0 fully saturated rings. The quantitative estimate of drug-likeness (QED) is 0.657. The molecular weight excluding hydrogens is 383 g/mol. The number of hydrogen-bond donors (Lipinski definition) is 1. The number of tetrazole rings is 1. The number of hydrogen-bond acceptors (Lipinski definition) is 4. The predicted octanol–water partition coefficient (Wildman–Crippen LogP) is 4.51. The van der Waals surface area contributed by atoms with Crippen LogP contribution >= 0.6 is 0 Å². The van der Waals surface area contributed by atoms with E-state index in [1.165, 1.54) is 17.7 Å².